The molecule has 0 fully saturated rings. The average Bonchev–Trinajstić information content (AvgIpc) is 2.61. The second-order valence-electron chi connectivity index (χ2n) is 6.10. The number of amides is 1. The van der Waals surface area contributed by atoms with E-state index in [1.54, 1.807) is 12.1 Å². The summed E-state index contributed by atoms with van der Waals surface area (Å²) in [5, 5.41) is 2.78. The minimum Gasteiger partial charge on any atom is -0.484 e. The van der Waals surface area contributed by atoms with E-state index in [9.17, 15) is 4.79 Å². The van der Waals surface area contributed by atoms with Crippen molar-refractivity contribution >= 4 is 11.6 Å². The molecule has 3 aromatic rings. The highest BCUT2D eigenvalue weighted by Crippen LogP contribution is 2.25. The van der Waals surface area contributed by atoms with Crippen molar-refractivity contribution in [1.82, 2.24) is 0 Å². The fourth-order valence-electron chi connectivity index (χ4n) is 2.60. The maximum Gasteiger partial charge on any atom is 0.262 e. The van der Waals surface area contributed by atoms with Crippen molar-refractivity contribution in [2.75, 3.05) is 11.9 Å². The minimum absolute atomic E-state index is 0.0494. The van der Waals surface area contributed by atoms with E-state index < -0.39 is 0 Å². The molecule has 4 heteroatoms. The number of carbonyl (C=O) groups is 1. The van der Waals surface area contributed by atoms with E-state index >= 15 is 0 Å². The molecule has 0 aliphatic heterocycles. The Morgan fingerprint density at radius 2 is 1.42 bits per heavy atom. The van der Waals surface area contributed by atoms with Crippen LogP contribution in [0.4, 0.5) is 5.69 Å². The van der Waals surface area contributed by atoms with E-state index in [0.29, 0.717) is 5.75 Å². The van der Waals surface area contributed by atoms with Gasteiger partial charge in [0.1, 0.15) is 17.2 Å². The Labute approximate surface area is 153 Å². The van der Waals surface area contributed by atoms with Crippen LogP contribution >= 0.6 is 0 Å². The van der Waals surface area contributed by atoms with Crippen LogP contribution in [-0.4, -0.2) is 12.5 Å². The Bertz CT molecular complexity index is 853. The van der Waals surface area contributed by atoms with Crippen LogP contribution in [0.25, 0.3) is 0 Å². The first-order valence-electron chi connectivity index (χ1n) is 8.42. The van der Waals surface area contributed by atoms with Crippen molar-refractivity contribution < 1.29 is 14.3 Å². The van der Waals surface area contributed by atoms with Gasteiger partial charge in [-0.25, -0.2) is 0 Å². The molecule has 0 saturated carbocycles. The van der Waals surface area contributed by atoms with Gasteiger partial charge in [0.15, 0.2) is 6.61 Å². The van der Waals surface area contributed by atoms with Gasteiger partial charge in [0, 0.05) is 5.69 Å². The third kappa shape index (κ3) is 5.11. The van der Waals surface area contributed by atoms with Gasteiger partial charge in [-0.05, 0) is 73.5 Å². The molecule has 0 heterocycles. The van der Waals surface area contributed by atoms with Crippen molar-refractivity contribution in [2.24, 2.45) is 0 Å². The van der Waals surface area contributed by atoms with Crippen molar-refractivity contribution in [1.29, 1.82) is 0 Å². The second-order valence-corrected chi connectivity index (χ2v) is 6.10. The van der Waals surface area contributed by atoms with Crippen LogP contribution in [0, 0.1) is 13.8 Å². The van der Waals surface area contributed by atoms with E-state index in [0.717, 1.165) is 28.3 Å². The smallest absolute Gasteiger partial charge is 0.262 e. The zero-order valence-electron chi connectivity index (χ0n) is 14.9. The number of benzene rings is 3. The van der Waals surface area contributed by atoms with Gasteiger partial charge in [-0.1, -0.05) is 24.3 Å². The van der Waals surface area contributed by atoms with Gasteiger partial charge >= 0.3 is 0 Å². The molecule has 0 spiro atoms. The molecule has 0 aliphatic rings. The molecule has 1 N–H and O–H groups in total. The number of rotatable bonds is 6. The fourth-order valence-corrected chi connectivity index (χ4v) is 2.60. The maximum absolute atomic E-state index is 11.9. The summed E-state index contributed by atoms with van der Waals surface area (Å²) in [4.78, 5) is 11.9. The monoisotopic (exact) mass is 347 g/mol. The molecule has 0 atom stereocenters. The van der Waals surface area contributed by atoms with Crippen LogP contribution in [0.2, 0.25) is 0 Å². The van der Waals surface area contributed by atoms with E-state index in [1.807, 2.05) is 68.4 Å². The van der Waals surface area contributed by atoms with Gasteiger partial charge in [0.2, 0.25) is 0 Å². The summed E-state index contributed by atoms with van der Waals surface area (Å²) in [6.45, 7) is 4.03. The third-order valence-electron chi connectivity index (χ3n) is 3.68. The normalized spacial score (nSPS) is 10.2. The molecule has 132 valence electrons. The second kappa shape index (κ2) is 8.21. The first-order valence-corrected chi connectivity index (χ1v) is 8.42. The van der Waals surface area contributed by atoms with Gasteiger partial charge in [-0.15, -0.1) is 0 Å². The van der Waals surface area contributed by atoms with Crippen molar-refractivity contribution in [3.63, 3.8) is 0 Å². The lowest BCUT2D eigenvalue weighted by Gasteiger charge is -2.10. The average molecular weight is 347 g/mol. The van der Waals surface area contributed by atoms with Crippen molar-refractivity contribution in [3.8, 4) is 17.2 Å². The standard InChI is InChI=1S/C22H21NO3/c1-16-12-17(2)14-21(13-16)26-20-10-8-19(9-11-20)25-15-22(24)23-18-6-4-3-5-7-18/h3-14H,15H2,1-2H3,(H,23,24). The molecule has 0 aromatic heterocycles. The number of anilines is 1. The summed E-state index contributed by atoms with van der Waals surface area (Å²) in [6.07, 6.45) is 0. The molecule has 0 saturated heterocycles. The first kappa shape index (κ1) is 17.5. The number of aryl methyl sites for hydroxylation is 2. The third-order valence-corrected chi connectivity index (χ3v) is 3.68. The summed E-state index contributed by atoms with van der Waals surface area (Å²) in [5.41, 5.74) is 3.06. The number of nitrogens with one attached hydrogen (secondary N) is 1. The molecule has 0 unspecified atom stereocenters. The summed E-state index contributed by atoms with van der Waals surface area (Å²) >= 11 is 0. The molecule has 1 amide bonds. The highest BCUT2D eigenvalue weighted by Gasteiger charge is 2.04. The van der Waals surface area contributed by atoms with E-state index in [2.05, 4.69) is 11.4 Å². The van der Waals surface area contributed by atoms with Crippen LogP contribution in [-0.2, 0) is 4.79 Å². The molecule has 4 nitrogen and oxygen atoms in total. The molecular weight excluding hydrogens is 326 g/mol. The molecule has 0 aliphatic carbocycles. The fraction of sp³-hybridized carbons (Fsp3) is 0.136. The van der Waals surface area contributed by atoms with Gasteiger partial charge in [0.25, 0.3) is 5.91 Å². The van der Waals surface area contributed by atoms with E-state index in [-0.39, 0.29) is 12.5 Å². The minimum atomic E-state index is -0.202. The predicted octanol–water partition coefficient (Wildman–Crippen LogP) is 5.11. The highest BCUT2D eigenvalue weighted by atomic mass is 16.5. The topological polar surface area (TPSA) is 47.6 Å². The quantitative estimate of drug-likeness (QED) is 0.674. The van der Waals surface area contributed by atoms with Gasteiger partial charge < -0.3 is 14.8 Å². The molecule has 3 rings (SSSR count). The van der Waals surface area contributed by atoms with Crippen LogP contribution in [0.1, 0.15) is 11.1 Å². The first-order chi connectivity index (χ1) is 12.6. The number of hydrogen-bond acceptors (Lipinski definition) is 3. The van der Waals surface area contributed by atoms with Crippen LogP contribution in [0.15, 0.2) is 72.8 Å². The molecule has 26 heavy (non-hydrogen) atoms. The van der Waals surface area contributed by atoms with E-state index in [1.165, 1.54) is 0 Å². The van der Waals surface area contributed by atoms with Gasteiger partial charge in [-0.3, -0.25) is 4.79 Å². The predicted molar refractivity (Wildman–Crippen MR) is 103 cm³/mol. The number of carbonyl (C=O) groups excluding carboxylic acids is 1. The Morgan fingerprint density at radius 1 is 0.808 bits per heavy atom. The van der Waals surface area contributed by atoms with E-state index in [4.69, 9.17) is 9.47 Å². The zero-order chi connectivity index (χ0) is 18.4. The van der Waals surface area contributed by atoms with Gasteiger partial charge in [-0.2, -0.15) is 0 Å². The maximum atomic E-state index is 11.9. The Kier molecular flexibility index (Phi) is 5.54. The summed E-state index contributed by atoms with van der Waals surface area (Å²) < 4.78 is 11.4. The lowest BCUT2D eigenvalue weighted by Crippen LogP contribution is -2.20. The lowest BCUT2D eigenvalue weighted by molar-refractivity contribution is -0.118. The SMILES string of the molecule is Cc1cc(C)cc(Oc2ccc(OCC(=O)Nc3ccccc3)cc2)c1. The Hall–Kier alpha value is -3.27. The number of hydrogen-bond donors (Lipinski definition) is 1. The zero-order valence-corrected chi connectivity index (χ0v) is 14.9. The molecule has 0 radical (unpaired) electrons. The number of ether oxygens (including phenoxy) is 2. The van der Waals surface area contributed by atoms with Crippen molar-refractivity contribution in [2.45, 2.75) is 13.8 Å². The van der Waals surface area contributed by atoms with Gasteiger partial charge in [0.05, 0.1) is 0 Å². The summed E-state index contributed by atoms with van der Waals surface area (Å²) in [7, 11) is 0. The molecule has 0 bridgehead atoms. The van der Waals surface area contributed by atoms with Crippen molar-refractivity contribution in [3.05, 3.63) is 83.9 Å². The van der Waals surface area contributed by atoms with Crippen LogP contribution in [0.5, 0.6) is 17.2 Å². The van der Waals surface area contributed by atoms with Crippen LogP contribution in [0.3, 0.4) is 0 Å². The summed E-state index contributed by atoms with van der Waals surface area (Å²) in [5.74, 6) is 1.93. The Morgan fingerprint density at radius 3 is 2.08 bits per heavy atom. The van der Waals surface area contributed by atoms with Crippen LogP contribution < -0.4 is 14.8 Å². The number of para-hydroxylation sites is 1. The largest absolute Gasteiger partial charge is 0.484 e. The lowest BCUT2D eigenvalue weighted by atomic mass is 10.1. The summed E-state index contributed by atoms with van der Waals surface area (Å²) in [6, 6.07) is 22.6. The highest BCUT2D eigenvalue weighted by molar-refractivity contribution is 5.91. The Balaban J connectivity index is 1.53. The molecule has 3 aromatic carbocycles. The molecular formula is C22H21NO3.